The van der Waals surface area contributed by atoms with Crippen LogP contribution in [0.25, 0.3) is 0 Å². The lowest BCUT2D eigenvalue weighted by Crippen LogP contribution is -2.39. The van der Waals surface area contributed by atoms with Gasteiger partial charge < -0.3 is 10.2 Å². The van der Waals surface area contributed by atoms with Crippen LogP contribution < -0.4 is 5.32 Å². The van der Waals surface area contributed by atoms with Crippen LogP contribution in [0.4, 0.5) is 10.5 Å². The predicted octanol–water partition coefficient (Wildman–Crippen LogP) is 2.35. The number of anilines is 1. The van der Waals surface area contributed by atoms with Gasteiger partial charge >= 0.3 is 6.03 Å². The summed E-state index contributed by atoms with van der Waals surface area (Å²) in [6.07, 6.45) is 2.55. The lowest BCUT2D eigenvalue weighted by Gasteiger charge is -2.26. The molecule has 3 rings (SSSR count). The summed E-state index contributed by atoms with van der Waals surface area (Å²) in [7, 11) is 0. The number of hydrogen-bond acceptors (Lipinski definition) is 3. The maximum atomic E-state index is 12.3. The molecule has 0 spiro atoms. The first-order valence-electron chi connectivity index (χ1n) is 7.65. The molecule has 0 saturated carbocycles. The van der Waals surface area contributed by atoms with Gasteiger partial charge in [-0.2, -0.15) is 0 Å². The number of nitrogens with zero attached hydrogens (tertiary/aromatic N) is 2. The number of hydrogen-bond donors (Lipinski definition) is 1. The van der Waals surface area contributed by atoms with E-state index in [1.54, 1.807) is 4.90 Å². The fourth-order valence-electron chi connectivity index (χ4n) is 3.09. The maximum absolute atomic E-state index is 12.3. The monoisotopic (exact) mass is 427 g/mol. The van der Waals surface area contributed by atoms with Crippen molar-refractivity contribution in [3.63, 3.8) is 0 Å². The number of imide groups is 1. The van der Waals surface area contributed by atoms with Gasteiger partial charge in [0.25, 0.3) is 5.91 Å². The van der Waals surface area contributed by atoms with Gasteiger partial charge in [-0.25, -0.2) is 4.79 Å². The molecule has 2 saturated heterocycles. The number of rotatable bonds is 3. The summed E-state index contributed by atoms with van der Waals surface area (Å²) in [4.78, 5) is 39.5. The van der Waals surface area contributed by atoms with E-state index in [0.29, 0.717) is 18.7 Å². The van der Waals surface area contributed by atoms with E-state index in [-0.39, 0.29) is 30.4 Å². The molecular weight excluding hydrogens is 409 g/mol. The lowest BCUT2D eigenvalue weighted by atomic mass is 10.0. The third-order valence-corrected chi connectivity index (χ3v) is 4.97. The first kappa shape index (κ1) is 16.2. The smallest absolute Gasteiger partial charge is 0.324 e. The van der Waals surface area contributed by atoms with E-state index in [9.17, 15) is 14.4 Å². The molecule has 0 unspecified atom stereocenters. The van der Waals surface area contributed by atoms with Crippen molar-refractivity contribution in [3.8, 4) is 0 Å². The van der Waals surface area contributed by atoms with Crippen molar-refractivity contribution in [2.75, 3.05) is 18.4 Å². The Hall–Kier alpha value is -1.64. The highest BCUT2D eigenvalue weighted by Crippen LogP contribution is 2.26. The molecule has 2 aliphatic rings. The van der Waals surface area contributed by atoms with Gasteiger partial charge in [0, 0.05) is 15.8 Å². The van der Waals surface area contributed by atoms with Crippen molar-refractivity contribution in [2.24, 2.45) is 0 Å². The summed E-state index contributed by atoms with van der Waals surface area (Å²) in [5.74, 6) is -0.597. The summed E-state index contributed by atoms with van der Waals surface area (Å²) < 4.78 is 1.08. The van der Waals surface area contributed by atoms with Crippen LogP contribution in [-0.4, -0.2) is 46.8 Å². The highest BCUT2D eigenvalue weighted by molar-refractivity contribution is 14.1. The molecule has 7 heteroatoms. The predicted molar refractivity (Wildman–Crippen MR) is 94.0 cm³/mol. The molecule has 2 aliphatic heterocycles. The molecule has 122 valence electrons. The second-order valence-electron chi connectivity index (χ2n) is 5.92. The number of halogens is 1. The van der Waals surface area contributed by atoms with E-state index < -0.39 is 0 Å². The average Bonchev–Trinajstić information content (AvgIpc) is 2.76. The van der Waals surface area contributed by atoms with E-state index in [4.69, 9.17) is 0 Å². The Labute approximate surface area is 148 Å². The van der Waals surface area contributed by atoms with Crippen LogP contribution in [-0.2, 0) is 9.59 Å². The molecule has 1 atom stereocenters. The van der Waals surface area contributed by atoms with Gasteiger partial charge in [-0.15, -0.1) is 0 Å². The van der Waals surface area contributed by atoms with Crippen molar-refractivity contribution < 1.29 is 14.4 Å². The minimum Gasteiger partial charge on any atom is -0.324 e. The Morgan fingerprint density at radius 1 is 1.35 bits per heavy atom. The molecule has 23 heavy (non-hydrogen) atoms. The van der Waals surface area contributed by atoms with Gasteiger partial charge in [-0.3, -0.25) is 14.5 Å². The number of carbonyl (C=O) groups is 3. The first-order chi connectivity index (χ1) is 11.0. The zero-order valence-corrected chi connectivity index (χ0v) is 15.0. The molecule has 4 amide bonds. The Morgan fingerprint density at radius 3 is 2.83 bits per heavy atom. The highest BCUT2D eigenvalue weighted by atomic mass is 127. The molecule has 1 aromatic carbocycles. The Bertz CT molecular complexity index is 653. The van der Waals surface area contributed by atoms with Crippen LogP contribution in [0.3, 0.4) is 0 Å². The van der Waals surface area contributed by atoms with E-state index >= 15 is 0 Å². The van der Waals surface area contributed by atoms with Crippen molar-refractivity contribution in [3.05, 3.63) is 27.3 Å². The number of benzene rings is 1. The van der Waals surface area contributed by atoms with Crippen LogP contribution in [0.1, 0.15) is 24.8 Å². The first-order valence-corrected chi connectivity index (χ1v) is 8.73. The molecular formula is C16H18IN3O3. The third-order valence-electron chi connectivity index (χ3n) is 4.29. The summed E-state index contributed by atoms with van der Waals surface area (Å²) in [6, 6.07) is 4.97. The van der Waals surface area contributed by atoms with Crippen LogP contribution >= 0.6 is 22.6 Å². The number of carbonyl (C=O) groups excluding carboxylic acids is 3. The Balaban J connectivity index is 1.68. The van der Waals surface area contributed by atoms with E-state index in [1.165, 1.54) is 0 Å². The van der Waals surface area contributed by atoms with Gasteiger partial charge in [-0.05, 0) is 72.5 Å². The van der Waals surface area contributed by atoms with Gasteiger partial charge in [0.05, 0.1) is 0 Å². The van der Waals surface area contributed by atoms with Gasteiger partial charge in [0.15, 0.2) is 0 Å². The fraction of sp³-hybridized carbons (Fsp3) is 0.438. The number of piperidine rings is 1. The summed E-state index contributed by atoms with van der Waals surface area (Å²) in [5, 5.41) is 2.78. The summed E-state index contributed by atoms with van der Waals surface area (Å²) >= 11 is 2.20. The van der Waals surface area contributed by atoms with E-state index in [1.807, 2.05) is 25.1 Å². The van der Waals surface area contributed by atoms with Crippen molar-refractivity contribution in [1.82, 2.24) is 9.80 Å². The molecule has 6 nitrogen and oxygen atoms in total. The number of urea groups is 1. The number of aryl methyl sites for hydroxylation is 1. The second kappa shape index (κ2) is 6.46. The van der Waals surface area contributed by atoms with Gasteiger partial charge in [-0.1, -0.05) is 0 Å². The molecule has 2 fully saturated rings. The van der Waals surface area contributed by atoms with Gasteiger partial charge in [0.2, 0.25) is 5.91 Å². The molecule has 0 bridgehead atoms. The van der Waals surface area contributed by atoms with Crippen LogP contribution in [0.15, 0.2) is 18.2 Å². The standard InChI is InChI=1S/C16H18IN3O3/c1-10-8-11(17)5-6-12(10)18-14(21)9-20-15(22)13-4-2-3-7-19(13)16(20)23/h5-6,8,13H,2-4,7,9H2,1H3,(H,18,21)/t13-/m0/s1. The van der Waals surface area contributed by atoms with Crippen LogP contribution in [0.5, 0.6) is 0 Å². The number of amides is 4. The fourth-order valence-corrected chi connectivity index (χ4v) is 3.74. The maximum Gasteiger partial charge on any atom is 0.327 e. The van der Waals surface area contributed by atoms with E-state index in [0.717, 1.165) is 26.9 Å². The molecule has 0 aliphatic carbocycles. The minimum absolute atomic E-state index is 0.226. The second-order valence-corrected chi connectivity index (χ2v) is 7.16. The van der Waals surface area contributed by atoms with Crippen LogP contribution in [0, 0.1) is 10.5 Å². The molecule has 0 radical (unpaired) electrons. The van der Waals surface area contributed by atoms with Crippen molar-refractivity contribution >= 4 is 46.1 Å². The summed E-state index contributed by atoms with van der Waals surface area (Å²) in [6.45, 7) is 2.28. The lowest BCUT2D eigenvalue weighted by molar-refractivity contribution is -0.131. The van der Waals surface area contributed by atoms with Crippen molar-refractivity contribution in [1.29, 1.82) is 0 Å². The minimum atomic E-state index is -0.371. The Kier molecular flexibility index (Phi) is 4.56. The van der Waals surface area contributed by atoms with Crippen LogP contribution in [0.2, 0.25) is 0 Å². The molecule has 0 aromatic heterocycles. The topological polar surface area (TPSA) is 69.7 Å². The normalized spacial score (nSPS) is 20.7. The number of fused-ring (bicyclic) bond motifs is 1. The van der Waals surface area contributed by atoms with Crippen molar-refractivity contribution in [2.45, 2.75) is 32.2 Å². The van der Waals surface area contributed by atoms with Gasteiger partial charge in [0.1, 0.15) is 12.6 Å². The third kappa shape index (κ3) is 3.19. The molecule has 1 aromatic rings. The zero-order chi connectivity index (χ0) is 16.6. The quantitative estimate of drug-likeness (QED) is 0.595. The summed E-state index contributed by atoms with van der Waals surface area (Å²) in [5.41, 5.74) is 1.65. The SMILES string of the molecule is Cc1cc(I)ccc1NC(=O)CN1C(=O)[C@@H]2CCCCN2C1=O. The average molecular weight is 427 g/mol. The molecule has 2 heterocycles. The van der Waals surface area contributed by atoms with E-state index in [2.05, 4.69) is 27.9 Å². The largest absolute Gasteiger partial charge is 0.327 e. The Morgan fingerprint density at radius 2 is 2.13 bits per heavy atom. The molecule has 1 N–H and O–H groups in total. The number of nitrogens with one attached hydrogen (secondary N) is 1. The zero-order valence-electron chi connectivity index (χ0n) is 12.8. The highest BCUT2D eigenvalue weighted by Gasteiger charge is 2.46.